The number of amides is 1. The van der Waals surface area contributed by atoms with Crippen molar-refractivity contribution < 1.29 is 54.9 Å². The molecule has 2 aromatic carbocycles. The number of aromatic nitrogens is 1. The van der Waals surface area contributed by atoms with E-state index in [0.717, 1.165) is 0 Å². The Morgan fingerprint density at radius 2 is 1.50 bits per heavy atom. The molecule has 1 aliphatic rings. The molecule has 9 nitrogen and oxygen atoms in total. The lowest BCUT2D eigenvalue weighted by Gasteiger charge is -2.22. The van der Waals surface area contributed by atoms with E-state index in [2.05, 4.69) is 5.92 Å². The summed E-state index contributed by atoms with van der Waals surface area (Å²) in [7, 11) is 0. The third kappa shape index (κ3) is 6.83. The summed E-state index contributed by atoms with van der Waals surface area (Å²) in [5.41, 5.74) is 6.36. The number of pyridine rings is 1. The first-order valence-electron chi connectivity index (χ1n) is 11.5. The van der Waals surface area contributed by atoms with Gasteiger partial charge in [0.2, 0.25) is 0 Å². The molecule has 0 saturated carbocycles. The van der Waals surface area contributed by atoms with E-state index in [1.807, 2.05) is 0 Å². The van der Waals surface area contributed by atoms with Crippen LogP contribution in [0.15, 0.2) is 85.2 Å². The Kier molecular flexibility index (Phi) is 10.1. The highest BCUT2D eigenvalue weighted by atomic mass is 79.9. The van der Waals surface area contributed by atoms with Crippen molar-refractivity contribution in [3.05, 3.63) is 102 Å². The van der Waals surface area contributed by atoms with E-state index < -0.39 is 42.4 Å². The number of rotatable bonds is 9. The highest BCUT2D eigenvalue weighted by molar-refractivity contribution is 5.92. The molecule has 1 fully saturated rings. The third-order valence-electron chi connectivity index (χ3n) is 5.69. The van der Waals surface area contributed by atoms with Crippen LogP contribution in [0.25, 0.3) is 0 Å². The van der Waals surface area contributed by atoms with E-state index >= 15 is 0 Å². The van der Waals surface area contributed by atoms with Gasteiger partial charge in [0.15, 0.2) is 24.6 Å². The lowest BCUT2D eigenvalue weighted by Crippen LogP contribution is -3.00. The minimum Gasteiger partial charge on any atom is -1.00 e. The quantitative estimate of drug-likeness (QED) is 0.197. The lowest BCUT2D eigenvalue weighted by atomic mass is 10.1. The summed E-state index contributed by atoms with van der Waals surface area (Å²) < 4.78 is 25.0. The van der Waals surface area contributed by atoms with Crippen LogP contribution in [0.4, 0.5) is 0 Å². The summed E-state index contributed by atoms with van der Waals surface area (Å²) in [5, 5.41) is 0. The van der Waals surface area contributed by atoms with Crippen molar-refractivity contribution in [1.82, 2.24) is 0 Å². The fraction of sp³-hybridized carbons (Fsp3) is 0.214. The maximum atomic E-state index is 13.0. The van der Waals surface area contributed by atoms with Gasteiger partial charge in [0.25, 0.3) is 12.1 Å². The molecule has 1 saturated heterocycles. The van der Waals surface area contributed by atoms with Crippen LogP contribution in [-0.2, 0) is 18.9 Å². The number of primary amides is 1. The van der Waals surface area contributed by atoms with Gasteiger partial charge < -0.3 is 41.7 Å². The van der Waals surface area contributed by atoms with Gasteiger partial charge in [0.05, 0.1) is 11.1 Å². The molecule has 4 atom stereocenters. The molecule has 1 aliphatic heterocycles. The normalized spacial score (nSPS) is 20.0. The van der Waals surface area contributed by atoms with Gasteiger partial charge in [-0.25, -0.2) is 9.59 Å². The molecule has 1 aromatic heterocycles. The molecule has 2 heterocycles. The molecular weight excluding hydrogens is 556 g/mol. The Morgan fingerprint density at radius 3 is 2.11 bits per heavy atom. The summed E-state index contributed by atoms with van der Waals surface area (Å²) in [6, 6.07) is 20.1. The van der Waals surface area contributed by atoms with Crippen molar-refractivity contribution in [2.45, 2.75) is 24.5 Å². The summed E-state index contributed by atoms with van der Waals surface area (Å²) in [5.74, 6) is 0.594. The summed E-state index contributed by atoms with van der Waals surface area (Å²) in [6.07, 6.45) is 4.90. The van der Waals surface area contributed by atoms with Gasteiger partial charge >= 0.3 is 11.9 Å². The van der Waals surface area contributed by atoms with E-state index in [1.165, 1.54) is 6.20 Å². The number of hydrogen-bond donors (Lipinski definition) is 1. The number of ether oxygens (including phenoxy) is 4. The third-order valence-corrected chi connectivity index (χ3v) is 5.69. The molecular formula is C28H25BrN2O7. The van der Waals surface area contributed by atoms with Crippen molar-refractivity contribution >= 4 is 17.8 Å². The first kappa shape index (κ1) is 28.5. The number of hydrogen-bond acceptors (Lipinski definition) is 7. The van der Waals surface area contributed by atoms with E-state index in [9.17, 15) is 14.4 Å². The van der Waals surface area contributed by atoms with Crippen molar-refractivity contribution in [2.75, 3.05) is 13.2 Å². The van der Waals surface area contributed by atoms with E-state index in [0.29, 0.717) is 11.1 Å². The van der Waals surface area contributed by atoms with Gasteiger partial charge in [-0.2, -0.15) is 4.57 Å². The Balaban J connectivity index is 0.00000400. The summed E-state index contributed by atoms with van der Waals surface area (Å²) in [4.78, 5) is 37.3. The number of esters is 2. The topological polar surface area (TPSA) is 118 Å². The van der Waals surface area contributed by atoms with Crippen molar-refractivity contribution in [2.24, 2.45) is 5.73 Å². The van der Waals surface area contributed by atoms with Crippen molar-refractivity contribution in [1.29, 1.82) is 0 Å². The fourth-order valence-corrected chi connectivity index (χ4v) is 3.92. The number of carbonyl (C=O) groups is 3. The number of nitrogens with zero attached hydrogens (tertiary/aromatic N) is 1. The second-order valence-electron chi connectivity index (χ2n) is 8.15. The maximum Gasteiger partial charge on any atom is 0.338 e. The molecule has 10 heteroatoms. The maximum absolute atomic E-state index is 13.0. The Hall–Kier alpha value is -4.04. The lowest BCUT2D eigenvalue weighted by molar-refractivity contribution is -0.766. The summed E-state index contributed by atoms with van der Waals surface area (Å²) >= 11 is 0. The fourth-order valence-electron chi connectivity index (χ4n) is 3.92. The number of halogens is 1. The molecule has 3 aromatic rings. The predicted octanol–water partition coefficient (Wildman–Crippen LogP) is -0.925. The van der Waals surface area contributed by atoms with E-state index in [1.54, 1.807) is 83.6 Å². The molecule has 1 amide bonds. The van der Waals surface area contributed by atoms with Gasteiger partial charge in [-0.1, -0.05) is 42.3 Å². The second-order valence-corrected chi connectivity index (χ2v) is 8.15. The molecule has 2 N–H and O–H groups in total. The van der Waals surface area contributed by atoms with Gasteiger partial charge in [-0.3, -0.25) is 4.79 Å². The van der Waals surface area contributed by atoms with Crippen molar-refractivity contribution in [3.8, 4) is 12.3 Å². The van der Waals surface area contributed by atoms with Crippen LogP contribution in [-0.4, -0.2) is 49.4 Å². The highest BCUT2D eigenvalue weighted by Gasteiger charge is 2.53. The van der Waals surface area contributed by atoms with E-state index in [-0.39, 0.29) is 35.8 Å². The van der Waals surface area contributed by atoms with Crippen LogP contribution in [0.3, 0.4) is 0 Å². The van der Waals surface area contributed by atoms with Gasteiger partial charge in [0.1, 0.15) is 24.9 Å². The van der Waals surface area contributed by atoms with Gasteiger partial charge in [-0.05, 0) is 30.3 Å². The summed E-state index contributed by atoms with van der Waals surface area (Å²) in [6.45, 7) is -0.334. The number of nitrogens with two attached hydrogens (primary N) is 1. The molecule has 0 spiro atoms. The first-order chi connectivity index (χ1) is 18.0. The largest absolute Gasteiger partial charge is 1.00 e. The zero-order valence-electron chi connectivity index (χ0n) is 20.1. The minimum absolute atomic E-state index is 0. The van der Waals surface area contributed by atoms with Gasteiger partial charge in [-0.15, -0.1) is 6.42 Å². The van der Waals surface area contributed by atoms with Crippen LogP contribution in [0, 0.1) is 12.3 Å². The predicted molar refractivity (Wildman–Crippen MR) is 130 cm³/mol. The van der Waals surface area contributed by atoms with Crippen LogP contribution in [0.1, 0.15) is 37.3 Å². The molecule has 38 heavy (non-hydrogen) atoms. The minimum atomic E-state index is -1.00. The standard InChI is InChI=1S/C28H24N2O7.BrH/c1-2-16-34-24-23(37-28(33)20-12-7-4-8-13-20)22(18-35-27(32)19-10-5-3-6-11-19)36-26(24)30-15-9-14-21(17-30)25(29)31;/h1,3-15,17,22-24,26H,16,18H2,(H-,29,31);1H/t22-,23-,24-,26-;/m1./s1. The Morgan fingerprint density at radius 1 is 0.895 bits per heavy atom. The zero-order chi connectivity index (χ0) is 26.2. The number of terminal acetylenes is 1. The Labute approximate surface area is 230 Å². The molecule has 196 valence electrons. The van der Waals surface area contributed by atoms with Crippen LogP contribution in [0.5, 0.6) is 0 Å². The number of benzene rings is 2. The van der Waals surface area contributed by atoms with Crippen molar-refractivity contribution in [3.63, 3.8) is 0 Å². The zero-order valence-corrected chi connectivity index (χ0v) is 21.7. The first-order valence-corrected chi connectivity index (χ1v) is 11.5. The SMILES string of the molecule is C#CCO[C@@H]1[C@H](OC(=O)c2ccccc2)[C@@H](COC(=O)c2ccccc2)O[C@H]1[n+]1cccc(C(N)=O)c1.[Br-]. The second kappa shape index (κ2) is 13.5. The average molecular weight is 581 g/mol. The molecule has 0 aliphatic carbocycles. The average Bonchev–Trinajstić information content (AvgIpc) is 3.28. The molecule has 0 unspecified atom stereocenters. The smallest absolute Gasteiger partial charge is 0.338 e. The van der Waals surface area contributed by atoms with Gasteiger partial charge in [0, 0.05) is 6.07 Å². The Bertz CT molecular complexity index is 1300. The van der Waals surface area contributed by atoms with Crippen LogP contribution < -0.4 is 27.3 Å². The monoisotopic (exact) mass is 580 g/mol. The van der Waals surface area contributed by atoms with Crippen LogP contribution >= 0.6 is 0 Å². The van der Waals surface area contributed by atoms with Crippen LogP contribution in [0.2, 0.25) is 0 Å². The van der Waals surface area contributed by atoms with E-state index in [4.69, 9.17) is 31.1 Å². The molecule has 0 radical (unpaired) electrons. The molecule has 4 rings (SSSR count). The highest BCUT2D eigenvalue weighted by Crippen LogP contribution is 2.32. The number of carbonyl (C=O) groups excluding carboxylic acids is 3. The molecule has 0 bridgehead atoms.